The van der Waals surface area contributed by atoms with Gasteiger partial charge in [0.25, 0.3) is 0 Å². The van der Waals surface area contributed by atoms with Gasteiger partial charge in [0, 0.05) is 75.5 Å². The van der Waals surface area contributed by atoms with Gasteiger partial charge in [-0.05, 0) is 113 Å². The summed E-state index contributed by atoms with van der Waals surface area (Å²) in [6.45, 7) is 17.8. The largest absolute Gasteiger partial charge is 0.391 e. The van der Waals surface area contributed by atoms with Gasteiger partial charge in [0.1, 0.15) is 54.4 Å². The number of benzene rings is 2. The van der Waals surface area contributed by atoms with Gasteiger partial charge in [0.05, 0.1) is 37.8 Å². The van der Waals surface area contributed by atoms with Crippen LogP contribution in [0.4, 0.5) is 0 Å². The maximum atomic E-state index is 15.4. The molecule has 0 radical (unpaired) electrons. The van der Waals surface area contributed by atoms with E-state index >= 15 is 28.8 Å². The molecule has 0 bridgehead atoms. The number of aliphatic hydroxyl groups excluding tert-OH is 1. The van der Waals surface area contributed by atoms with Gasteiger partial charge in [-0.2, -0.15) is 0 Å². The number of likely N-dealkylation sites (N-methyl/N-ethyl adjacent to an activating group) is 7. The molecule has 0 aromatic heterocycles. The number of carbonyl (C=O) groups excluding carboxylic acids is 12. The van der Waals surface area contributed by atoms with E-state index in [0.29, 0.717) is 37.9 Å². The van der Waals surface area contributed by atoms with Crippen molar-refractivity contribution in [2.45, 2.75) is 219 Å². The standard InChI is InChI=1S/C75H120N12O15/c1-19-50(8)64-74(100)86(18)59(41-49(6)7)68(94)79-65(51(9)88)73(99)81(13)45-63(91)82(14)56(34-33-52-29-23-20-24-30-52)72(98)85(17)58(40-48(4)5)67(93)77-55(46-102-38-35-75(10,11)101)70(96)84(16)57(39-47(2)3)66(92)76-54(71(97)87-36-27-22-28-37-87)43-61(89)80(12)44-62(90)83(15)60(69(95)78-64)42-53-31-25-21-26-32-53/h20-21,23-26,29-32,47-51,54-60,64-65,88,101H,19,22,27-28,33-46H2,1-18H3,(H,76,92)(H,77,93)(H,78,95)(H,79,94)/t50-,51+,54-,55-,56-,57-,58-,59-,60-,64-,65-/m0/s1. The van der Waals surface area contributed by atoms with Crippen molar-refractivity contribution in [3.8, 4) is 0 Å². The van der Waals surface area contributed by atoms with Gasteiger partial charge in [-0.1, -0.05) is 122 Å². The molecule has 2 fully saturated rings. The highest BCUT2D eigenvalue weighted by Crippen LogP contribution is 2.23. The predicted octanol–water partition coefficient (Wildman–Crippen LogP) is 3.01. The number of hydrogen-bond acceptors (Lipinski definition) is 15. The molecule has 570 valence electrons. The van der Waals surface area contributed by atoms with E-state index in [4.69, 9.17) is 4.74 Å². The zero-order valence-corrected chi connectivity index (χ0v) is 63.9. The molecule has 2 aliphatic rings. The second kappa shape index (κ2) is 40.7. The van der Waals surface area contributed by atoms with Crippen molar-refractivity contribution in [1.29, 1.82) is 0 Å². The molecule has 27 heteroatoms. The molecule has 6 N–H and O–H groups in total. The summed E-state index contributed by atoms with van der Waals surface area (Å²) < 4.78 is 6.02. The van der Waals surface area contributed by atoms with Gasteiger partial charge in [0.15, 0.2) is 0 Å². The van der Waals surface area contributed by atoms with Gasteiger partial charge >= 0.3 is 0 Å². The summed E-state index contributed by atoms with van der Waals surface area (Å²) in [5.41, 5.74) is 0.283. The molecule has 0 unspecified atom stereocenters. The third-order valence-electron chi connectivity index (χ3n) is 19.4. The molecule has 11 atom stereocenters. The van der Waals surface area contributed by atoms with Crippen LogP contribution in [0.25, 0.3) is 0 Å². The Labute approximate surface area is 604 Å². The number of likely N-dealkylation sites (tertiary alicyclic amines) is 1. The summed E-state index contributed by atoms with van der Waals surface area (Å²) in [5, 5.41) is 33.1. The molecule has 27 nitrogen and oxygen atoms in total. The van der Waals surface area contributed by atoms with Crippen molar-refractivity contribution < 1.29 is 72.5 Å². The van der Waals surface area contributed by atoms with Crippen molar-refractivity contribution in [2.75, 3.05) is 88.7 Å². The van der Waals surface area contributed by atoms with E-state index in [2.05, 4.69) is 21.3 Å². The zero-order chi connectivity index (χ0) is 76.6. The monoisotopic (exact) mass is 1430 g/mol. The van der Waals surface area contributed by atoms with Gasteiger partial charge < -0.3 is 75.4 Å². The molecule has 2 heterocycles. The summed E-state index contributed by atoms with van der Waals surface area (Å²) in [4.78, 5) is 189. The number of nitrogens with zero attached hydrogens (tertiary/aromatic N) is 8. The van der Waals surface area contributed by atoms with Crippen LogP contribution in [0.15, 0.2) is 60.7 Å². The minimum Gasteiger partial charge on any atom is -0.391 e. The lowest BCUT2D eigenvalue weighted by Gasteiger charge is -2.37. The fourth-order valence-electron chi connectivity index (χ4n) is 12.5. The van der Waals surface area contributed by atoms with Crippen molar-refractivity contribution in [2.24, 2.45) is 23.7 Å². The third-order valence-corrected chi connectivity index (χ3v) is 19.4. The van der Waals surface area contributed by atoms with Crippen molar-refractivity contribution in [1.82, 2.24) is 60.5 Å². The zero-order valence-electron chi connectivity index (χ0n) is 63.9. The van der Waals surface area contributed by atoms with Gasteiger partial charge in [-0.25, -0.2) is 0 Å². The van der Waals surface area contributed by atoms with Gasteiger partial charge in [-0.15, -0.1) is 0 Å². The van der Waals surface area contributed by atoms with Crippen molar-refractivity contribution in [3.63, 3.8) is 0 Å². The molecule has 2 aromatic rings. The minimum absolute atomic E-state index is 0.0262. The number of aliphatic hydroxyl groups is 2. The number of hydrogen-bond donors (Lipinski definition) is 6. The Morgan fingerprint density at radius 3 is 1.48 bits per heavy atom. The van der Waals surface area contributed by atoms with E-state index < -0.39 is 169 Å². The molecule has 0 saturated carbocycles. The summed E-state index contributed by atoms with van der Waals surface area (Å²) in [6.07, 6.45) is 0.850. The van der Waals surface area contributed by atoms with Crippen LogP contribution in [0, 0.1) is 23.7 Å². The summed E-state index contributed by atoms with van der Waals surface area (Å²) in [6, 6.07) is 5.52. The lowest BCUT2D eigenvalue weighted by Crippen LogP contribution is -2.62. The normalized spacial score (nSPS) is 24.5. The first-order valence-electron chi connectivity index (χ1n) is 36.2. The van der Waals surface area contributed by atoms with Crippen LogP contribution in [0.1, 0.15) is 151 Å². The highest BCUT2D eigenvalue weighted by Gasteiger charge is 2.43. The first kappa shape index (κ1) is 86.4. The van der Waals surface area contributed by atoms with Crippen molar-refractivity contribution >= 4 is 70.9 Å². The van der Waals surface area contributed by atoms with E-state index in [-0.39, 0.29) is 69.3 Å². The molecule has 0 aliphatic carbocycles. The molecule has 2 saturated heterocycles. The second-order valence-corrected chi connectivity index (χ2v) is 29.9. The third kappa shape index (κ3) is 26.0. The number of amides is 12. The van der Waals surface area contributed by atoms with Gasteiger partial charge in [0.2, 0.25) is 70.9 Å². The molecule has 4 rings (SSSR count). The molecule has 2 aromatic carbocycles. The van der Waals surface area contributed by atoms with Crippen LogP contribution >= 0.6 is 0 Å². The molecule has 12 amide bonds. The number of ether oxygens (including phenoxy) is 1. The first-order valence-corrected chi connectivity index (χ1v) is 36.2. The highest BCUT2D eigenvalue weighted by atomic mass is 16.5. The fraction of sp³-hybridized carbons (Fsp3) is 0.680. The Kier molecular flexibility index (Phi) is 34.5. The fourth-order valence-corrected chi connectivity index (χ4v) is 12.5. The molecular weight excluding hydrogens is 1310 g/mol. The summed E-state index contributed by atoms with van der Waals surface area (Å²) >= 11 is 0. The number of nitrogens with one attached hydrogen (secondary N) is 4. The van der Waals surface area contributed by atoms with E-state index in [1.165, 1.54) is 75.9 Å². The summed E-state index contributed by atoms with van der Waals surface area (Å²) in [7, 11) is 9.61. The summed E-state index contributed by atoms with van der Waals surface area (Å²) in [5.74, 6) is -10.2. The lowest BCUT2D eigenvalue weighted by molar-refractivity contribution is -0.151. The maximum Gasteiger partial charge on any atom is 0.248 e. The molecule has 102 heavy (non-hydrogen) atoms. The number of rotatable bonds is 20. The Bertz CT molecular complexity index is 3120. The average Bonchev–Trinajstić information content (AvgIpc) is 0.849. The van der Waals surface area contributed by atoms with Crippen molar-refractivity contribution in [3.05, 3.63) is 71.8 Å². The number of piperidine rings is 1. The quantitative estimate of drug-likeness (QED) is 0.104. The first-order chi connectivity index (χ1) is 47.8. The molecular formula is C75H120N12O15. The highest BCUT2D eigenvalue weighted by molar-refractivity contribution is 6.00. The maximum absolute atomic E-state index is 15.4. The Balaban J connectivity index is 1.97. The Morgan fingerprint density at radius 2 is 0.980 bits per heavy atom. The van der Waals surface area contributed by atoms with E-state index in [1.54, 1.807) is 56.0 Å². The smallest absolute Gasteiger partial charge is 0.248 e. The van der Waals surface area contributed by atoms with Crippen LogP contribution in [0.2, 0.25) is 0 Å². The SMILES string of the molecule is CC[C@H](C)[C@@H]1NC(=O)[C@H](Cc2ccccc2)N(C)C(=O)CN(C)C(=O)C[C@@H](C(=O)N2CCCCC2)NC(=O)[C@H](CC(C)C)N(C)C(=O)[C@H](COCCC(C)(C)O)NC(=O)[C@H](CC(C)C)N(C)C(=O)[C@H](CCc2ccccc2)N(C)C(=O)CN(C)C(=O)[C@H]([C@@H](C)O)NC(=O)[C@H](CC(C)C)N(C)C1=O. The number of carbonyl (C=O) groups is 12. The van der Waals surface area contributed by atoms with Crippen LogP contribution in [-0.4, -0.2) is 275 Å². The van der Waals surface area contributed by atoms with E-state index in [1.807, 2.05) is 78.8 Å². The molecule has 2 aliphatic heterocycles. The van der Waals surface area contributed by atoms with Crippen LogP contribution < -0.4 is 21.3 Å². The molecule has 0 spiro atoms. The second-order valence-electron chi connectivity index (χ2n) is 29.9. The predicted molar refractivity (Wildman–Crippen MR) is 387 cm³/mol. The number of aryl methyl sites for hydroxylation is 1. The van der Waals surface area contributed by atoms with Crippen LogP contribution in [-0.2, 0) is 75.1 Å². The van der Waals surface area contributed by atoms with E-state index in [0.717, 1.165) is 26.7 Å². The van der Waals surface area contributed by atoms with Crippen LogP contribution in [0.5, 0.6) is 0 Å². The topological polar surface area (TPSA) is 329 Å². The Hall–Kier alpha value is -8.04. The average molecular weight is 1430 g/mol. The Morgan fingerprint density at radius 1 is 0.529 bits per heavy atom. The van der Waals surface area contributed by atoms with Crippen LogP contribution in [0.3, 0.4) is 0 Å². The lowest BCUT2D eigenvalue weighted by atomic mass is 9.94. The minimum atomic E-state index is -1.67. The van der Waals surface area contributed by atoms with Gasteiger partial charge in [-0.3, -0.25) is 57.5 Å². The van der Waals surface area contributed by atoms with E-state index in [9.17, 15) is 39.0 Å².